The van der Waals surface area contributed by atoms with Crippen LogP contribution in [0.25, 0.3) is 0 Å². The summed E-state index contributed by atoms with van der Waals surface area (Å²) < 4.78 is 27.0. The van der Waals surface area contributed by atoms with Crippen LogP contribution in [0.4, 0.5) is 0 Å². The Morgan fingerprint density at radius 2 is 2.10 bits per heavy atom. The number of thiophene rings is 1. The molecule has 0 unspecified atom stereocenters. The second kappa shape index (κ2) is 5.84. The summed E-state index contributed by atoms with van der Waals surface area (Å²) in [5.74, 6) is 0. The molecular weight excluding hydrogens is 308 g/mol. The van der Waals surface area contributed by atoms with E-state index < -0.39 is 10.0 Å². The molecule has 2 aromatic rings. The SMILES string of the molecule is O=S(=O)(c1ccc(CO)cn1)N(Cc1ccsc1)C1CC1. The molecule has 7 heteroatoms. The zero-order chi connectivity index (χ0) is 14.9. The van der Waals surface area contributed by atoms with Crippen molar-refractivity contribution in [1.29, 1.82) is 0 Å². The zero-order valence-corrected chi connectivity index (χ0v) is 13.0. The van der Waals surface area contributed by atoms with Crippen molar-refractivity contribution in [2.24, 2.45) is 0 Å². The van der Waals surface area contributed by atoms with Crippen LogP contribution in [-0.2, 0) is 23.2 Å². The number of aliphatic hydroxyl groups is 1. The molecular formula is C14H16N2O3S2. The number of hydrogen-bond donors (Lipinski definition) is 1. The Morgan fingerprint density at radius 3 is 2.62 bits per heavy atom. The number of nitrogens with zero attached hydrogens (tertiary/aromatic N) is 2. The van der Waals surface area contributed by atoms with E-state index in [0.717, 1.165) is 18.4 Å². The van der Waals surface area contributed by atoms with E-state index in [2.05, 4.69) is 4.98 Å². The summed E-state index contributed by atoms with van der Waals surface area (Å²) in [4.78, 5) is 3.99. The van der Waals surface area contributed by atoms with Crippen LogP contribution >= 0.6 is 11.3 Å². The minimum atomic E-state index is -3.59. The standard InChI is InChI=1S/C14H16N2O3S2/c17-9-11-1-4-14(15-7-11)21(18,19)16(13-2-3-13)8-12-5-6-20-10-12/h1,4-7,10,13,17H,2-3,8-9H2. The second-order valence-corrected chi connectivity index (χ2v) is 7.69. The summed E-state index contributed by atoms with van der Waals surface area (Å²) in [5, 5.41) is 13.0. The topological polar surface area (TPSA) is 70.5 Å². The molecule has 1 aliphatic rings. The quantitative estimate of drug-likeness (QED) is 0.882. The first kappa shape index (κ1) is 14.6. The first-order valence-electron chi connectivity index (χ1n) is 6.70. The molecule has 1 N–H and O–H groups in total. The van der Waals surface area contributed by atoms with Crippen LogP contribution in [-0.4, -0.2) is 28.9 Å². The Kier molecular flexibility index (Phi) is 4.08. The molecule has 2 heterocycles. The van der Waals surface area contributed by atoms with Crippen LogP contribution in [0.1, 0.15) is 24.0 Å². The summed E-state index contributed by atoms with van der Waals surface area (Å²) in [6, 6.07) is 5.08. The highest BCUT2D eigenvalue weighted by atomic mass is 32.2. The molecule has 1 aliphatic carbocycles. The molecule has 1 fully saturated rings. The first-order valence-corrected chi connectivity index (χ1v) is 9.08. The van der Waals surface area contributed by atoms with Crippen LogP contribution in [0.3, 0.4) is 0 Å². The van der Waals surface area contributed by atoms with Crippen molar-refractivity contribution in [3.8, 4) is 0 Å². The molecule has 0 atom stereocenters. The van der Waals surface area contributed by atoms with Crippen LogP contribution in [0.2, 0.25) is 0 Å². The molecule has 112 valence electrons. The Hall–Kier alpha value is -1.28. The van der Waals surface area contributed by atoms with Gasteiger partial charge in [0.25, 0.3) is 10.0 Å². The molecule has 0 bridgehead atoms. The third-order valence-corrected chi connectivity index (χ3v) is 5.97. The van der Waals surface area contributed by atoms with Crippen molar-refractivity contribution in [3.05, 3.63) is 46.3 Å². The maximum Gasteiger partial charge on any atom is 0.261 e. The van der Waals surface area contributed by atoms with Gasteiger partial charge in [-0.2, -0.15) is 15.6 Å². The fourth-order valence-electron chi connectivity index (χ4n) is 2.11. The van der Waals surface area contributed by atoms with Gasteiger partial charge in [0.05, 0.1) is 6.61 Å². The van der Waals surface area contributed by atoms with E-state index in [1.54, 1.807) is 17.4 Å². The van der Waals surface area contributed by atoms with E-state index in [4.69, 9.17) is 5.11 Å². The fourth-order valence-corrected chi connectivity index (χ4v) is 4.36. The summed E-state index contributed by atoms with van der Waals surface area (Å²) >= 11 is 1.56. The number of rotatable bonds is 6. The molecule has 1 saturated carbocycles. The minimum Gasteiger partial charge on any atom is -0.392 e. The number of aliphatic hydroxyl groups excluding tert-OH is 1. The third kappa shape index (κ3) is 3.16. The smallest absolute Gasteiger partial charge is 0.261 e. The molecule has 5 nitrogen and oxygen atoms in total. The van der Waals surface area contributed by atoms with Gasteiger partial charge in [-0.1, -0.05) is 6.07 Å². The van der Waals surface area contributed by atoms with E-state index in [1.807, 2.05) is 16.8 Å². The Labute approximate surface area is 127 Å². The largest absolute Gasteiger partial charge is 0.392 e. The van der Waals surface area contributed by atoms with Crippen molar-refractivity contribution in [3.63, 3.8) is 0 Å². The molecule has 2 aromatic heterocycles. The van der Waals surface area contributed by atoms with Gasteiger partial charge in [0, 0.05) is 18.8 Å². The Bertz CT molecular complexity index is 692. The lowest BCUT2D eigenvalue weighted by molar-refractivity contribution is 0.281. The van der Waals surface area contributed by atoms with E-state index in [0.29, 0.717) is 12.1 Å². The van der Waals surface area contributed by atoms with Crippen LogP contribution in [0, 0.1) is 0 Å². The molecule has 0 radical (unpaired) electrons. The third-order valence-electron chi connectivity index (χ3n) is 3.43. The Balaban J connectivity index is 1.89. The van der Waals surface area contributed by atoms with Crippen LogP contribution in [0.15, 0.2) is 40.2 Å². The van der Waals surface area contributed by atoms with E-state index in [9.17, 15) is 8.42 Å². The van der Waals surface area contributed by atoms with Gasteiger partial charge < -0.3 is 5.11 Å². The molecule has 0 aromatic carbocycles. The predicted octanol–water partition coefficient (Wildman–Crippen LogP) is 1.99. The number of aromatic nitrogens is 1. The highest BCUT2D eigenvalue weighted by molar-refractivity contribution is 7.89. The van der Waals surface area contributed by atoms with Crippen molar-refractivity contribution in [2.45, 2.75) is 37.1 Å². The lowest BCUT2D eigenvalue weighted by Gasteiger charge is -2.21. The van der Waals surface area contributed by atoms with Gasteiger partial charge in [-0.15, -0.1) is 0 Å². The van der Waals surface area contributed by atoms with Crippen molar-refractivity contribution in [2.75, 3.05) is 0 Å². The van der Waals surface area contributed by atoms with Crippen molar-refractivity contribution in [1.82, 2.24) is 9.29 Å². The van der Waals surface area contributed by atoms with Crippen molar-refractivity contribution < 1.29 is 13.5 Å². The maximum absolute atomic E-state index is 12.7. The van der Waals surface area contributed by atoms with Gasteiger partial charge in [0.2, 0.25) is 0 Å². The summed E-state index contributed by atoms with van der Waals surface area (Å²) in [5.41, 5.74) is 1.60. The average Bonchev–Trinajstić information content (AvgIpc) is 3.20. The Morgan fingerprint density at radius 1 is 1.29 bits per heavy atom. The second-order valence-electron chi connectivity index (χ2n) is 5.08. The zero-order valence-electron chi connectivity index (χ0n) is 11.3. The number of sulfonamides is 1. The van der Waals surface area contributed by atoms with E-state index in [-0.39, 0.29) is 17.7 Å². The molecule has 0 amide bonds. The van der Waals surface area contributed by atoms with E-state index in [1.165, 1.54) is 16.6 Å². The monoisotopic (exact) mass is 324 g/mol. The summed E-state index contributed by atoms with van der Waals surface area (Å²) in [6.07, 6.45) is 3.21. The first-order chi connectivity index (χ1) is 10.1. The van der Waals surface area contributed by atoms with Crippen LogP contribution in [0.5, 0.6) is 0 Å². The van der Waals surface area contributed by atoms with Gasteiger partial charge in [0.1, 0.15) is 0 Å². The molecule has 0 spiro atoms. The van der Waals surface area contributed by atoms with E-state index >= 15 is 0 Å². The van der Waals surface area contributed by atoms with Gasteiger partial charge in [-0.05, 0) is 46.9 Å². The molecule has 3 rings (SSSR count). The molecule has 0 aliphatic heterocycles. The van der Waals surface area contributed by atoms with Crippen molar-refractivity contribution >= 4 is 21.4 Å². The average molecular weight is 324 g/mol. The normalized spacial score (nSPS) is 15.5. The predicted molar refractivity (Wildman–Crippen MR) is 80.2 cm³/mol. The number of pyridine rings is 1. The lowest BCUT2D eigenvalue weighted by atomic mass is 10.3. The fraction of sp³-hybridized carbons (Fsp3) is 0.357. The summed E-state index contributed by atoms with van der Waals surface area (Å²) in [7, 11) is -3.59. The van der Waals surface area contributed by atoms with Crippen LogP contribution < -0.4 is 0 Å². The highest BCUT2D eigenvalue weighted by Gasteiger charge is 2.38. The lowest BCUT2D eigenvalue weighted by Crippen LogP contribution is -2.33. The van der Waals surface area contributed by atoms with Gasteiger partial charge >= 0.3 is 0 Å². The van der Waals surface area contributed by atoms with Gasteiger partial charge in [0.15, 0.2) is 5.03 Å². The van der Waals surface area contributed by atoms with Gasteiger partial charge in [-0.3, -0.25) is 0 Å². The summed E-state index contributed by atoms with van der Waals surface area (Å²) in [6.45, 7) is 0.245. The minimum absolute atomic E-state index is 0.0434. The number of hydrogen-bond acceptors (Lipinski definition) is 5. The molecule has 0 saturated heterocycles. The molecule has 21 heavy (non-hydrogen) atoms. The van der Waals surface area contributed by atoms with Gasteiger partial charge in [-0.25, -0.2) is 13.4 Å². The maximum atomic E-state index is 12.7. The highest BCUT2D eigenvalue weighted by Crippen LogP contribution is 2.33.